The number of nitrogens with zero attached hydrogens (tertiary/aromatic N) is 3. The molecule has 0 aliphatic carbocycles. The van der Waals surface area contributed by atoms with Crippen LogP contribution in [0.25, 0.3) is 0 Å². The van der Waals surface area contributed by atoms with E-state index in [-0.39, 0.29) is 43.2 Å². The number of carbonyl (C=O) groups is 3. The van der Waals surface area contributed by atoms with Crippen LogP contribution in [0.4, 0.5) is 9.59 Å². The van der Waals surface area contributed by atoms with Gasteiger partial charge in [0.15, 0.2) is 0 Å². The number of ether oxygens (including phenoxy) is 1. The van der Waals surface area contributed by atoms with Gasteiger partial charge >= 0.3 is 12.1 Å². The van der Waals surface area contributed by atoms with Gasteiger partial charge in [0, 0.05) is 13.1 Å². The smallest absolute Gasteiger partial charge is 0.410 e. The molecular formula is C25H35BN4O6. The normalized spacial score (nSPS) is 25.9. The molecule has 2 radical (unpaired) electrons. The minimum absolute atomic E-state index is 0.0831. The number of likely N-dealkylation sites (tertiary alicyclic amines) is 1. The van der Waals surface area contributed by atoms with Crippen molar-refractivity contribution >= 4 is 25.9 Å². The molecule has 3 aliphatic rings. The fourth-order valence-corrected chi connectivity index (χ4v) is 4.95. The number of hydrogen-bond acceptors (Lipinski definition) is 6. The largest absolute Gasteiger partial charge is 0.444 e. The van der Waals surface area contributed by atoms with Gasteiger partial charge in [0.05, 0.1) is 26.5 Å². The average molecular weight is 498 g/mol. The molecule has 2 bridgehead atoms. The number of nitrogens with one attached hydrogen (secondary N) is 1. The number of carbonyl (C=O) groups excluding carboxylic acids is 3. The van der Waals surface area contributed by atoms with Crippen LogP contribution in [0.2, 0.25) is 6.32 Å². The van der Waals surface area contributed by atoms with E-state index in [0.29, 0.717) is 38.7 Å². The molecule has 1 N–H and O–H groups in total. The van der Waals surface area contributed by atoms with E-state index in [2.05, 4.69) is 5.48 Å². The predicted octanol–water partition coefficient (Wildman–Crippen LogP) is 2.65. The first kappa shape index (κ1) is 26.3. The van der Waals surface area contributed by atoms with Crippen molar-refractivity contribution in [3.63, 3.8) is 0 Å². The molecule has 4 atom stereocenters. The standard InChI is InChI=1S/C25H35BN4O6/c1-25(2,3)36-24(33)28-13-18(12-26)11-20(28)16-34-27-22(31)21-10-9-19-14-29(21)23(32)30(19)35-15-17-7-5-4-6-8-17/h4-8,18-21H,9-16H2,1-3H3,(H,27,31)/t18?,19-,20?,21+/m1/s1. The van der Waals surface area contributed by atoms with Gasteiger partial charge in [0.25, 0.3) is 5.91 Å². The minimum Gasteiger partial charge on any atom is -0.444 e. The van der Waals surface area contributed by atoms with Crippen LogP contribution in [-0.4, -0.2) is 84.2 Å². The fraction of sp³-hybridized carbons (Fsp3) is 0.640. The van der Waals surface area contributed by atoms with E-state index < -0.39 is 17.7 Å². The Morgan fingerprint density at radius 2 is 1.89 bits per heavy atom. The Morgan fingerprint density at radius 1 is 1.14 bits per heavy atom. The summed E-state index contributed by atoms with van der Waals surface area (Å²) in [6.07, 6.45) is 1.86. The third-order valence-electron chi connectivity index (χ3n) is 6.75. The van der Waals surface area contributed by atoms with E-state index in [1.165, 1.54) is 9.96 Å². The maximum atomic E-state index is 12.9. The Bertz CT molecular complexity index is 942. The van der Waals surface area contributed by atoms with Gasteiger partial charge in [-0.25, -0.2) is 15.1 Å². The first-order chi connectivity index (χ1) is 17.2. The Hall–Kier alpha value is -2.79. The third-order valence-corrected chi connectivity index (χ3v) is 6.75. The van der Waals surface area contributed by atoms with Gasteiger partial charge in [0.1, 0.15) is 18.2 Å². The molecule has 36 heavy (non-hydrogen) atoms. The van der Waals surface area contributed by atoms with Crippen LogP contribution in [0.1, 0.15) is 45.6 Å². The summed E-state index contributed by atoms with van der Waals surface area (Å²) in [6.45, 7) is 6.75. The van der Waals surface area contributed by atoms with Crippen LogP contribution in [0.3, 0.4) is 0 Å². The summed E-state index contributed by atoms with van der Waals surface area (Å²) < 4.78 is 5.51. The van der Waals surface area contributed by atoms with Crippen LogP contribution in [-0.2, 0) is 25.8 Å². The van der Waals surface area contributed by atoms with Crippen LogP contribution in [0.15, 0.2) is 30.3 Å². The number of hydroxylamine groups is 3. The molecule has 0 spiro atoms. The summed E-state index contributed by atoms with van der Waals surface area (Å²) in [5, 5.41) is 1.39. The zero-order valence-electron chi connectivity index (χ0n) is 21.2. The summed E-state index contributed by atoms with van der Waals surface area (Å²) in [4.78, 5) is 53.0. The molecule has 3 fully saturated rings. The van der Waals surface area contributed by atoms with Crippen molar-refractivity contribution in [1.29, 1.82) is 0 Å². The summed E-state index contributed by atoms with van der Waals surface area (Å²) >= 11 is 0. The first-order valence-corrected chi connectivity index (χ1v) is 12.5. The number of piperidine rings is 1. The van der Waals surface area contributed by atoms with Crippen LogP contribution in [0.5, 0.6) is 0 Å². The lowest BCUT2D eigenvalue weighted by Gasteiger charge is -2.30. The Kier molecular flexibility index (Phi) is 8.09. The van der Waals surface area contributed by atoms with Crippen LogP contribution < -0.4 is 5.48 Å². The molecule has 2 unspecified atom stereocenters. The number of fused-ring (bicyclic) bond motifs is 2. The topological polar surface area (TPSA) is 101 Å². The van der Waals surface area contributed by atoms with E-state index in [1.54, 1.807) is 4.90 Å². The molecule has 4 rings (SSSR count). The number of hydrogen-bond donors (Lipinski definition) is 1. The molecule has 0 aromatic heterocycles. The van der Waals surface area contributed by atoms with Gasteiger partial charge in [-0.1, -0.05) is 36.7 Å². The van der Waals surface area contributed by atoms with Gasteiger partial charge in [-0.15, -0.1) is 0 Å². The molecule has 4 amide bonds. The summed E-state index contributed by atoms with van der Waals surface area (Å²) in [5.74, 6) is -0.245. The molecule has 194 valence electrons. The van der Waals surface area contributed by atoms with Crippen molar-refractivity contribution in [2.24, 2.45) is 5.92 Å². The minimum atomic E-state index is -0.638. The molecule has 1 aromatic rings. The molecule has 10 nitrogen and oxygen atoms in total. The van der Waals surface area contributed by atoms with Crippen molar-refractivity contribution in [3.05, 3.63) is 35.9 Å². The van der Waals surface area contributed by atoms with Crippen LogP contribution in [0, 0.1) is 5.92 Å². The molecule has 11 heteroatoms. The van der Waals surface area contributed by atoms with Gasteiger partial charge in [-0.05, 0) is 51.5 Å². The number of urea groups is 1. The Balaban J connectivity index is 1.27. The molecule has 0 saturated carbocycles. The highest BCUT2D eigenvalue weighted by Crippen LogP contribution is 2.31. The highest BCUT2D eigenvalue weighted by atomic mass is 16.7. The third kappa shape index (κ3) is 6.12. The lowest BCUT2D eigenvalue weighted by atomic mass is 9.89. The Morgan fingerprint density at radius 3 is 2.58 bits per heavy atom. The van der Waals surface area contributed by atoms with Gasteiger partial charge in [0.2, 0.25) is 0 Å². The van der Waals surface area contributed by atoms with E-state index in [0.717, 1.165) is 5.56 Å². The van der Waals surface area contributed by atoms with E-state index >= 15 is 0 Å². The first-order valence-electron chi connectivity index (χ1n) is 12.5. The lowest BCUT2D eigenvalue weighted by Crippen LogP contribution is -2.50. The SMILES string of the molecule is [B]CC1CC(CONC(=O)[C@@H]2CC[C@@H]3CN2C(=O)N3OCc2ccccc2)N(C(=O)OC(C)(C)C)C1. The fourth-order valence-electron chi connectivity index (χ4n) is 4.95. The monoisotopic (exact) mass is 498 g/mol. The molecule has 3 saturated heterocycles. The van der Waals surface area contributed by atoms with Crippen molar-refractivity contribution in [3.8, 4) is 0 Å². The van der Waals surface area contributed by atoms with Crippen LogP contribution >= 0.6 is 0 Å². The zero-order valence-corrected chi connectivity index (χ0v) is 21.2. The van der Waals surface area contributed by atoms with Gasteiger partial charge in [-0.2, -0.15) is 5.06 Å². The van der Waals surface area contributed by atoms with E-state index in [1.807, 2.05) is 51.1 Å². The molecule has 3 heterocycles. The lowest BCUT2D eigenvalue weighted by molar-refractivity contribution is -0.141. The van der Waals surface area contributed by atoms with E-state index in [4.69, 9.17) is 22.3 Å². The second-order valence-electron chi connectivity index (χ2n) is 10.7. The van der Waals surface area contributed by atoms with Crippen molar-refractivity contribution in [1.82, 2.24) is 20.3 Å². The average Bonchev–Trinajstić information content (AvgIpc) is 3.36. The van der Waals surface area contributed by atoms with Crippen molar-refractivity contribution < 1.29 is 28.8 Å². The zero-order chi connectivity index (χ0) is 25.9. The second kappa shape index (κ2) is 11.1. The summed E-state index contributed by atoms with van der Waals surface area (Å²) in [6, 6.07) is 8.33. The highest BCUT2D eigenvalue weighted by molar-refractivity contribution is 6.08. The van der Waals surface area contributed by atoms with Crippen molar-refractivity contribution in [2.75, 3.05) is 19.7 Å². The molecular weight excluding hydrogens is 463 g/mol. The number of benzene rings is 1. The summed E-state index contributed by atoms with van der Waals surface area (Å²) in [7, 11) is 5.83. The highest BCUT2D eigenvalue weighted by Gasteiger charge is 2.48. The Labute approximate surface area is 213 Å². The van der Waals surface area contributed by atoms with Crippen molar-refractivity contribution in [2.45, 2.75) is 76.7 Å². The quantitative estimate of drug-likeness (QED) is 0.437. The second-order valence-corrected chi connectivity index (χ2v) is 10.7. The predicted molar refractivity (Wildman–Crippen MR) is 131 cm³/mol. The molecule has 3 aliphatic heterocycles. The van der Waals surface area contributed by atoms with Gasteiger partial charge < -0.3 is 14.5 Å². The number of amides is 4. The maximum absolute atomic E-state index is 12.9. The number of rotatable bonds is 8. The summed E-state index contributed by atoms with van der Waals surface area (Å²) in [5.41, 5.74) is 2.85. The maximum Gasteiger partial charge on any atom is 0.410 e. The molecule has 1 aromatic carbocycles. The van der Waals surface area contributed by atoms with E-state index in [9.17, 15) is 14.4 Å². The van der Waals surface area contributed by atoms with Gasteiger partial charge in [-0.3, -0.25) is 14.5 Å².